The number of carbonyl (C=O) groups excluding carboxylic acids is 1. The molecule has 0 spiro atoms. The Bertz CT molecular complexity index is 653. The van der Waals surface area contributed by atoms with Crippen LogP contribution in [0.5, 0.6) is 0 Å². The first-order valence-electron chi connectivity index (χ1n) is 9.86. The van der Waals surface area contributed by atoms with Crippen LogP contribution in [0, 0.1) is 0 Å². The third-order valence-electron chi connectivity index (χ3n) is 5.09. The van der Waals surface area contributed by atoms with E-state index in [1.165, 1.54) is 5.56 Å². The van der Waals surface area contributed by atoms with Gasteiger partial charge in [0.05, 0.1) is 0 Å². The minimum Gasteiger partial charge on any atom is -0.400 e. The highest BCUT2D eigenvalue weighted by Crippen LogP contribution is 2.24. The number of hydrogen-bond acceptors (Lipinski definition) is 3. The van der Waals surface area contributed by atoms with Crippen LogP contribution in [0.2, 0.25) is 0 Å². The number of likely N-dealkylation sites (tertiary alicyclic amines) is 1. The number of para-hydroxylation sites is 1. The van der Waals surface area contributed by atoms with Crippen LogP contribution in [0.3, 0.4) is 0 Å². The van der Waals surface area contributed by atoms with Crippen molar-refractivity contribution in [1.82, 2.24) is 4.90 Å². The van der Waals surface area contributed by atoms with Gasteiger partial charge in [-0.05, 0) is 37.0 Å². The molecule has 1 N–H and O–H groups in total. The summed E-state index contributed by atoms with van der Waals surface area (Å²) in [5.41, 5.74) is 2.44. The van der Waals surface area contributed by atoms with Crippen LogP contribution in [-0.2, 0) is 11.2 Å². The van der Waals surface area contributed by atoms with Gasteiger partial charge < -0.3 is 14.9 Å². The van der Waals surface area contributed by atoms with Crippen molar-refractivity contribution < 1.29 is 9.90 Å². The molecule has 1 heterocycles. The van der Waals surface area contributed by atoms with Gasteiger partial charge in [0.15, 0.2) is 0 Å². The van der Waals surface area contributed by atoms with Gasteiger partial charge in [-0.25, -0.2) is 0 Å². The number of piperidine rings is 1. The van der Waals surface area contributed by atoms with Gasteiger partial charge in [-0.1, -0.05) is 55.5 Å². The second-order valence-corrected chi connectivity index (χ2v) is 6.76. The molecule has 1 aliphatic rings. The van der Waals surface area contributed by atoms with Crippen molar-refractivity contribution in [2.45, 2.75) is 38.6 Å². The van der Waals surface area contributed by atoms with Crippen molar-refractivity contribution in [3.63, 3.8) is 0 Å². The van der Waals surface area contributed by atoms with E-state index in [-0.39, 0.29) is 5.91 Å². The first kappa shape index (κ1) is 21.1. The minimum atomic E-state index is 0.230. The van der Waals surface area contributed by atoms with Crippen molar-refractivity contribution in [3.8, 4) is 0 Å². The van der Waals surface area contributed by atoms with Crippen molar-refractivity contribution in [2.24, 2.45) is 0 Å². The van der Waals surface area contributed by atoms with Crippen molar-refractivity contribution in [3.05, 3.63) is 66.2 Å². The van der Waals surface area contributed by atoms with E-state index in [0.717, 1.165) is 51.7 Å². The molecule has 2 aromatic rings. The van der Waals surface area contributed by atoms with Crippen molar-refractivity contribution in [1.29, 1.82) is 0 Å². The highest BCUT2D eigenvalue weighted by Gasteiger charge is 2.28. The molecule has 146 valence electrons. The zero-order valence-electron chi connectivity index (χ0n) is 16.6. The summed E-state index contributed by atoms with van der Waals surface area (Å²) in [6.45, 7) is 5.19. The third-order valence-corrected chi connectivity index (χ3v) is 5.09. The molecule has 0 aromatic heterocycles. The molecule has 3 rings (SSSR count). The first-order chi connectivity index (χ1) is 13.3. The molecular weight excluding hydrogens is 336 g/mol. The van der Waals surface area contributed by atoms with Crippen LogP contribution in [0.25, 0.3) is 0 Å². The van der Waals surface area contributed by atoms with E-state index < -0.39 is 0 Å². The number of nitrogens with zero attached hydrogens (tertiary/aromatic N) is 2. The fourth-order valence-electron chi connectivity index (χ4n) is 3.65. The second kappa shape index (κ2) is 11.5. The molecule has 0 radical (unpaired) electrons. The Labute approximate surface area is 163 Å². The van der Waals surface area contributed by atoms with Crippen LogP contribution >= 0.6 is 0 Å². The predicted octanol–water partition coefficient (Wildman–Crippen LogP) is 3.75. The Balaban J connectivity index is 0.00000126. The Morgan fingerprint density at radius 3 is 2.11 bits per heavy atom. The maximum absolute atomic E-state index is 12.5. The second-order valence-electron chi connectivity index (χ2n) is 6.76. The molecule has 1 aliphatic heterocycles. The van der Waals surface area contributed by atoms with Crippen LogP contribution in [0.15, 0.2) is 60.7 Å². The number of hydrogen-bond donors (Lipinski definition) is 1. The first-order valence-corrected chi connectivity index (χ1v) is 9.86. The van der Waals surface area contributed by atoms with E-state index in [1.807, 2.05) is 30.0 Å². The number of aliphatic hydroxyl groups excluding tert-OH is 1. The zero-order valence-corrected chi connectivity index (χ0v) is 16.6. The molecule has 1 amide bonds. The van der Waals surface area contributed by atoms with Gasteiger partial charge in [-0.2, -0.15) is 0 Å². The van der Waals surface area contributed by atoms with Gasteiger partial charge >= 0.3 is 0 Å². The molecule has 27 heavy (non-hydrogen) atoms. The van der Waals surface area contributed by atoms with Crippen LogP contribution < -0.4 is 4.90 Å². The number of aliphatic hydroxyl groups is 1. The van der Waals surface area contributed by atoms with Crippen molar-refractivity contribution in [2.75, 3.05) is 31.6 Å². The monoisotopic (exact) mass is 368 g/mol. The summed E-state index contributed by atoms with van der Waals surface area (Å²) in [6, 6.07) is 21.1. The molecule has 0 aliphatic carbocycles. The van der Waals surface area contributed by atoms with Gasteiger partial charge in [0, 0.05) is 44.9 Å². The van der Waals surface area contributed by atoms with Gasteiger partial charge in [-0.15, -0.1) is 0 Å². The lowest BCUT2D eigenvalue weighted by Gasteiger charge is -2.38. The molecule has 1 saturated heterocycles. The molecule has 4 nitrogen and oxygen atoms in total. The zero-order chi connectivity index (χ0) is 19.5. The fraction of sp³-hybridized carbons (Fsp3) is 0.435. The quantitative estimate of drug-likeness (QED) is 0.845. The third kappa shape index (κ3) is 6.19. The molecule has 4 heteroatoms. The fourth-order valence-corrected chi connectivity index (χ4v) is 3.65. The highest BCUT2D eigenvalue weighted by molar-refractivity contribution is 5.93. The topological polar surface area (TPSA) is 43.8 Å². The Morgan fingerprint density at radius 2 is 1.56 bits per heavy atom. The number of rotatable bonds is 6. The van der Waals surface area contributed by atoms with E-state index >= 15 is 0 Å². The molecule has 0 unspecified atom stereocenters. The minimum absolute atomic E-state index is 0.230. The molecule has 2 aromatic carbocycles. The maximum Gasteiger partial charge on any atom is 0.226 e. The summed E-state index contributed by atoms with van der Waals surface area (Å²) in [5, 5.41) is 7.00. The standard InChI is InChI=1S/C22H28N2O.CH4O/c1-2-22(25)24(20-11-7-4-8-12-20)21-14-17-23(18-15-21)16-13-19-9-5-3-6-10-19;1-2/h3-12,21H,2,13-18H2,1H3;2H,1H3. The number of anilines is 1. The maximum atomic E-state index is 12.5. The molecular formula is C23H32N2O2. The SMILES string of the molecule is CCC(=O)N(c1ccccc1)C1CCN(CCc2ccccc2)CC1.CO. The smallest absolute Gasteiger partial charge is 0.226 e. The predicted molar refractivity (Wildman–Crippen MR) is 112 cm³/mol. The number of amides is 1. The van der Waals surface area contributed by atoms with Crippen molar-refractivity contribution >= 4 is 11.6 Å². The Kier molecular flexibility index (Phi) is 9.02. The lowest BCUT2D eigenvalue weighted by molar-refractivity contribution is -0.119. The normalized spacial score (nSPS) is 14.9. The average Bonchev–Trinajstić information content (AvgIpc) is 2.76. The van der Waals surface area contributed by atoms with E-state index in [9.17, 15) is 4.79 Å². The molecule has 0 bridgehead atoms. The summed E-state index contributed by atoms with van der Waals surface area (Å²) in [6.07, 6.45) is 3.76. The Hall–Kier alpha value is -2.17. The van der Waals surface area contributed by atoms with Gasteiger partial charge in [0.2, 0.25) is 5.91 Å². The summed E-state index contributed by atoms with van der Waals surface area (Å²) in [7, 11) is 1.00. The largest absolute Gasteiger partial charge is 0.400 e. The molecule has 1 fully saturated rings. The Morgan fingerprint density at radius 1 is 1.00 bits per heavy atom. The highest BCUT2D eigenvalue weighted by atomic mass is 16.2. The van der Waals surface area contributed by atoms with Gasteiger partial charge in [0.1, 0.15) is 0 Å². The van der Waals surface area contributed by atoms with Crippen LogP contribution in [0.1, 0.15) is 31.7 Å². The van der Waals surface area contributed by atoms with E-state index in [2.05, 4.69) is 47.4 Å². The number of carbonyl (C=O) groups is 1. The summed E-state index contributed by atoms with van der Waals surface area (Å²) in [5.74, 6) is 0.230. The van der Waals surface area contributed by atoms with Crippen LogP contribution in [-0.4, -0.2) is 48.7 Å². The summed E-state index contributed by atoms with van der Waals surface area (Å²) >= 11 is 0. The van der Waals surface area contributed by atoms with E-state index in [4.69, 9.17) is 5.11 Å². The van der Waals surface area contributed by atoms with Crippen LogP contribution in [0.4, 0.5) is 5.69 Å². The average molecular weight is 369 g/mol. The van der Waals surface area contributed by atoms with Gasteiger partial charge in [0.25, 0.3) is 0 Å². The lowest BCUT2D eigenvalue weighted by atomic mass is 10.0. The molecule has 0 atom stereocenters. The van der Waals surface area contributed by atoms with Gasteiger partial charge in [-0.3, -0.25) is 4.79 Å². The summed E-state index contributed by atoms with van der Waals surface area (Å²) in [4.78, 5) is 17.1. The number of benzene rings is 2. The summed E-state index contributed by atoms with van der Waals surface area (Å²) < 4.78 is 0. The van der Waals surface area contributed by atoms with E-state index in [0.29, 0.717) is 12.5 Å². The lowest BCUT2D eigenvalue weighted by Crippen LogP contribution is -2.47. The van der Waals surface area contributed by atoms with E-state index in [1.54, 1.807) is 0 Å². The molecule has 0 saturated carbocycles.